The number of aliphatic imine (C=N–C) groups is 1. The smallest absolute Gasteiger partial charge is 0.142 e. The van der Waals surface area contributed by atoms with Crippen molar-refractivity contribution in [3.8, 4) is 11.5 Å². The second-order valence-electron chi connectivity index (χ2n) is 4.98. The molecule has 1 aromatic carbocycles. The van der Waals surface area contributed by atoms with Gasteiger partial charge in [0.2, 0.25) is 0 Å². The van der Waals surface area contributed by atoms with Gasteiger partial charge in [-0.1, -0.05) is 25.8 Å². The summed E-state index contributed by atoms with van der Waals surface area (Å²) in [6.45, 7) is 2.19. The minimum atomic E-state index is 0.177. The van der Waals surface area contributed by atoms with E-state index in [0.717, 1.165) is 18.7 Å². The SMILES string of the molecule is CCCCC1CC=CN=C1Nc1ccc(OC)cc1O. The first-order chi connectivity index (χ1) is 9.74. The molecule has 108 valence electrons. The molecular weight excluding hydrogens is 252 g/mol. The number of phenolic OH excluding ortho intramolecular Hbond substituents is 1. The van der Waals surface area contributed by atoms with E-state index in [2.05, 4.69) is 23.3 Å². The molecule has 1 atom stereocenters. The Labute approximate surface area is 120 Å². The standard InChI is InChI=1S/C16H22N2O2/c1-3-4-6-12-7-5-10-17-16(12)18-14-9-8-13(20-2)11-15(14)19/h5,8-12,19H,3-4,6-7H2,1-2H3,(H,17,18). The van der Waals surface area contributed by atoms with E-state index < -0.39 is 0 Å². The monoisotopic (exact) mass is 274 g/mol. The molecular formula is C16H22N2O2. The van der Waals surface area contributed by atoms with Crippen LogP contribution in [-0.4, -0.2) is 18.1 Å². The molecule has 0 saturated heterocycles. The Morgan fingerprint density at radius 1 is 1.45 bits per heavy atom. The fourth-order valence-electron chi connectivity index (χ4n) is 2.30. The third-order valence-corrected chi connectivity index (χ3v) is 3.50. The molecule has 0 aliphatic carbocycles. The average molecular weight is 274 g/mol. The number of nitrogens with one attached hydrogen (secondary N) is 1. The zero-order valence-corrected chi connectivity index (χ0v) is 12.1. The van der Waals surface area contributed by atoms with Crippen LogP contribution in [0.2, 0.25) is 0 Å². The molecule has 0 spiro atoms. The van der Waals surface area contributed by atoms with Gasteiger partial charge in [0.15, 0.2) is 0 Å². The van der Waals surface area contributed by atoms with Gasteiger partial charge < -0.3 is 15.2 Å². The molecule has 0 bridgehead atoms. The van der Waals surface area contributed by atoms with E-state index in [1.807, 2.05) is 18.3 Å². The molecule has 0 radical (unpaired) electrons. The Bertz CT molecular complexity index is 509. The number of rotatable bonds is 5. The normalized spacial score (nSPS) is 17.7. The van der Waals surface area contributed by atoms with Crippen molar-refractivity contribution in [1.82, 2.24) is 0 Å². The number of unbranched alkanes of at least 4 members (excludes halogenated alkanes) is 1. The van der Waals surface area contributed by atoms with Gasteiger partial charge in [0.05, 0.1) is 12.8 Å². The van der Waals surface area contributed by atoms with Crippen LogP contribution in [-0.2, 0) is 0 Å². The average Bonchev–Trinajstić information content (AvgIpc) is 2.48. The Morgan fingerprint density at radius 2 is 2.30 bits per heavy atom. The summed E-state index contributed by atoms with van der Waals surface area (Å²) >= 11 is 0. The van der Waals surface area contributed by atoms with Gasteiger partial charge in [-0.15, -0.1) is 0 Å². The van der Waals surface area contributed by atoms with Crippen molar-refractivity contribution < 1.29 is 9.84 Å². The number of aromatic hydroxyl groups is 1. The predicted octanol–water partition coefficient (Wildman–Crippen LogP) is 3.94. The van der Waals surface area contributed by atoms with Crippen molar-refractivity contribution in [2.24, 2.45) is 10.9 Å². The number of nitrogens with zero attached hydrogens (tertiary/aromatic N) is 1. The summed E-state index contributed by atoms with van der Waals surface area (Å²) in [5.41, 5.74) is 0.668. The predicted molar refractivity (Wildman–Crippen MR) is 82.5 cm³/mol. The summed E-state index contributed by atoms with van der Waals surface area (Å²) in [5.74, 6) is 2.15. The lowest BCUT2D eigenvalue weighted by atomic mass is 9.95. The topological polar surface area (TPSA) is 53.9 Å². The van der Waals surface area contributed by atoms with Crippen molar-refractivity contribution >= 4 is 11.5 Å². The number of amidine groups is 1. The van der Waals surface area contributed by atoms with Gasteiger partial charge >= 0.3 is 0 Å². The molecule has 2 rings (SSSR count). The van der Waals surface area contributed by atoms with E-state index in [1.54, 1.807) is 13.2 Å². The van der Waals surface area contributed by atoms with Crippen molar-refractivity contribution in [2.75, 3.05) is 12.4 Å². The highest BCUT2D eigenvalue weighted by Gasteiger charge is 2.18. The number of hydrogen-bond acceptors (Lipinski definition) is 4. The number of ether oxygens (including phenoxy) is 1. The first-order valence-corrected chi connectivity index (χ1v) is 7.11. The fourth-order valence-corrected chi connectivity index (χ4v) is 2.30. The summed E-state index contributed by atoms with van der Waals surface area (Å²) in [4.78, 5) is 4.43. The van der Waals surface area contributed by atoms with Crippen LogP contribution in [0.4, 0.5) is 5.69 Å². The molecule has 4 nitrogen and oxygen atoms in total. The lowest BCUT2D eigenvalue weighted by molar-refractivity contribution is 0.408. The lowest BCUT2D eigenvalue weighted by Crippen LogP contribution is -2.24. The minimum absolute atomic E-state index is 0.177. The molecule has 1 unspecified atom stereocenters. The zero-order chi connectivity index (χ0) is 14.4. The molecule has 0 aromatic heterocycles. The molecule has 1 aliphatic heterocycles. The maximum absolute atomic E-state index is 10.00. The van der Waals surface area contributed by atoms with Crippen LogP contribution in [0.25, 0.3) is 0 Å². The third-order valence-electron chi connectivity index (χ3n) is 3.50. The Kier molecular flexibility index (Phi) is 5.04. The van der Waals surface area contributed by atoms with Crippen LogP contribution in [0, 0.1) is 5.92 Å². The van der Waals surface area contributed by atoms with Gasteiger partial charge in [-0.05, 0) is 25.0 Å². The van der Waals surface area contributed by atoms with Gasteiger partial charge in [-0.2, -0.15) is 0 Å². The second-order valence-corrected chi connectivity index (χ2v) is 4.98. The molecule has 1 aromatic rings. The summed E-state index contributed by atoms with van der Waals surface area (Å²) in [6, 6.07) is 5.23. The molecule has 4 heteroatoms. The molecule has 1 aliphatic rings. The van der Waals surface area contributed by atoms with Crippen LogP contribution in [0.15, 0.2) is 35.5 Å². The number of phenols is 1. The van der Waals surface area contributed by atoms with E-state index in [1.165, 1.54) is 12.8 Å². The highest BCUT2D eigenvalue weighted by Crippen LogP contribution is 2.29. The Hall–Kier alpha value is -1.97. The van der Waals surface area contributed by atoms with Gasteiger partial charge in [0.25, 0.3) is 0 Å². The number of anilines is 1. The summed E-state index contributed by atoms with van der Waals surface area (Å²) < 4.78 is 5.09. The summed E-state index contributed by atoms with van der Waals surface area (Å²) in [6.07, 6.45) is 8.41. The number of allylic oxidation sites excluding steroid dienone is 1. The molecule has 1 heterocycles. The Balaban J connectivity index is 2.10. The van der Waals surface area contributed by atoms with E-state index in [0.29, 0.717) is 17.4 Å². The number of methoxy groups -OCH3 is 1. The number of hydrogen-bond donors (Lipinski definition) is 2. The van der Waals surface area contributed by atoms with Gasteiger partial charge in [-0.25, -0.2) is 4.99 Å². The van der Waals surface area contributed by atoms with Crippen LogP contribution < -0.4 is 10.1 Å². The zero-order valence-electron chi connectivity index (χ0n) is 12.1. The van der Waals surface area contributed by atoms with Crippen molar-refractivity contribution in [1.29, 1.82) is 0 Å². The Morgan fingerprint density at radius 3 is 3.00 bits per heavy atom. The fraction of sp³-hybridized carbons (Fsp3) is 0.438. The van der Waals surface area contributed by atoms with Gasteiger partial charge in [0, 0.05) is 18.2 Å². The molecule has 20 heavy (non-hydrogen) atoms. The first kappa shape index (κ1) is 14.4. The highest BCUT2D eigenvalue weighted by atomic mass is 16.5. The maximum Gasteiger partial charge on any atom is 0.142 e. The summed E-state index contributed by atoms with van der Waals surface area (Å²) in [7, 11) is 1.58. The number of benzene rings is 1. The largest absolute Gasteiger partial charge is 0.506 e. The van der Waals surface area contributed by atoms with Gasteiger partial charge in [-0.3, -0.25) is 0 Å². The third kappa shape index (κ3) is 3.53. The first-order valence-electron chi connectivity index (χ1n) is 7.11. The van der Waals surface area contributed by atoms with E-state index >= 15 is 0 Å². The van der Waals surface area contributed by atoms with Crippen LogP contribution in [0.3, 0.4) is 0 Å². The van der Waals surface area contributed by atoms with Crippen LogP contribution >= 0.6 is 0 Å². The highest BCUT2D eigenvalue weighted by molar-refractivity contribution is 5.99. The quantitative estimate of drug-likeness (QED) is 0.800. The maximum atomic E-state index is 10.00. The van der Waals surface area contributed by atoms with Crippen LogP contribution in [0.5, 0.6) is 11.5 Å². The molecule has 0 saturated carbocycles. The molecule has 0 fully saturated rings. The molecule has 0 amide bonds. The molecule has 2 N–H and O–H groups in total. The van der Waals surface area contributed by atoms with E-state index in [9.17, 15) is 5.11 Å². The summed E-state index contributed by atoms with van der Waals surface area (Å²) in [5, 5.41) is 13.3. The van der Waals surface area contributed by atoms with Crippen molar-refractivity contribution in [3.63, 3.8) is 0 Å². The minimum Gasteiger partial charge on any atom is -0.506 e. The van der Waals surface area contributed by atoms with E-state index in [4.69, 9.17) is 4.74 Å². The second kappa shape index (κ2) is 6.98. The van der Waals surface area contributed by atoms with Crippen molar-refractivity contribution in [3.05, 3.63) is 30.5 Å². The van der Waals surface area contributed by atoms with Crippen LogP contribution in [0.1, 0.15) is 32.6 Å². The lowest BCUT2D eigenvalue weighted by Gasteiger charge is -2.21. The van der Waals surface area contributed by atoms with Gasteiger partial charge in [0.1, 0.15) is 17.3 Å². The van der Waals surface area contributed by atoms with E-state index in [-0.39, 0.29) is 5.75 Å². The van der Waals surface area contributed by atoms with Crippen molar-refractivity contribution in [2.45, 2.75) is 32.6 Å².